The lowest BCUT2D eigenvalue weighted by Crippen LogP contribution is -2.51. The van der Waals surface area contributed by atoms with Crippen LogP contribution in [0.25, 0.3) is 0 Å². The number of allylic oxidation sites excluding steroid dienone is 1. The first-order valence-corrected chi connectivity index (χ1v) is 9.24. The number of carbonyl (C=O) groups is 2. The van der Waals surface area contributed by atoms with E-state index in [0.717, 1.165) is 25.1 Å². The van der Waals surface area contributed by atoms with Crippen LogP contribution < -0.4 is 0 Å². The monoisotopic (exact) mass is 351 g/mol. The number of fused-ring (bicyclic) bond motifs is 2. The van der Waals surface area contributed by atoms with Gasteiger partial charge in [0.2, 0.25) is 5.91 Å². The van der Waals surface area contributed by atoms with E-state index in [1.165, 1.54) is 0 Å². The molecule has 7 atom stereocenters. The second-order valence-corrected chi connectivity index (χ2v) is 7.75. The van der Waals surface area contributed by atoms with Gasteiger partial charge in [-0.1, -0.05) is 28.1 Å². The molecular formula is C17H22BrNO2. The van der Waals surface area contributed by atoms with Gasteiger partial charge < -0.3 is 4.90 Å². The highest BCUT2D eigenvalue weighted by atomic mass is 79.9. The molecule has 0 aliphatic heterocycles. The van der Waals surface area contributed by atoms with Crippen molar-refractivity contribution in [2.45, 2.75) is 20.3 Å². The molecule has 0 aromatic rings. The van der Waals surface area contributed by atoms with Crippen molar-refractivity contribution in [3.8, 4) is 0 Å². The Labute approximate surface area is 134 Å². The molecule has 4 fully saturated rings. The summed E-state index contributed by atoms with van der Waals surface area (Å²) >= 11 is 3.61. The first-order chi connectivity index (χ1) is 10.0. The van der Waals surface area contributed by atoms with Gasteiger partial charge in [-0.15, -0.1) is 0 Å². The Morgan fingerprint density at radius 1 is 1.43 bits per heavy atom. The van der Waals surface area contributed by atoms with Gasteiger partial charge in [-0.2, -0.15) is 0 Å². The SMILES string of the molecule is C=C1C2C(=O)C3(CBr)C4CC(C1C24)C3C(=O)N(CC)CC. The third-order valence-corrected chi connectivity index (χ3v) is 7.96. The van der Waals surface area contributed by atoms with Crippen molar-refractivity contribution in [1.82, 2.24) is 4.90 Å². The Hall–Kier alpha value is -0.640. The van der Waals surface area contributed by atoms with Crippen molar-refractivity contribution in [3.05, 3.63) is 12.2 Å². The third-order valence-electron chi connectivity index (χ3n) is 7.03. The zero-order valence-corrected chi connectivity index (χ0v) is 14.2. The molecule has 2 bridgehead atoms. The zero-order chi connectivity index (χ0) is 15.1. The molecule has 4 aliphatic rings. The van der Waals surface area contributed by atoms with Crippen LogP contribution in [-0.2, 0) is 9.59 Å². The van der Waals surface area contributed by atoms with Gasteiger partial charge in [0.25, 0.3) is 0 Å². The molecule has 21 heavy (non-hydrogen) atoms. The largest absolute Gasteiger partial charge is 0.343 e. The molecule has 0 radical (unpaired) electrons. The number of nitrogens with zero attached hydrogens (tertiary/aromatic N) is 1. The van der Waals surface area contributed by atoms with Crippen molar-refractivity contribution in [1.29, 1.82) is 0 Å². The third kappa shape index (κ3) is 1.25. The molecule has 0 saturated heterocycles. The zero-order valence-electron chi connectivity index (χ0n) is 12.6. The van der Waals surface area contributed by atoms with E-state index in [1.54, 1.807) is 0 Å². The quantitative estimate of drug-likeness (QED) is 0.576. The van der Waals surface area contributed by atoms with Crippen LogP contribution >= 0.6 is 15.9 Å². The van der Waals surface area contributed by atoms with Crippen LogP contribution in [0.5, 0.6) is 0 Å². The molecule has 0 aromatic carbocycles. The molecular weight excluding hydrogens is 330 g/mol. The lowest BCUT2D eigenvalue weighted by Gasteiger charge is -2.47. The molecule has 0 N–H and O–H groups in total. The number of rotatable bonds is 4. The van der Waals surface area contributed by atoms with Crippen molar-refractivity contribution < 1.29 is 9.59 Å². The molecule has 4 saturated carbocycles. The summed E-state index contributed by atoms with van der Waals surface area (Å²) in [6.07, 6.45) is 1.06. The van der Waals surface area contributed by atoms with Crippen LogP contribution in [-0.4, -0.2) is 35.0 Å². The van der Waals surface area contributed by atoms with E-state index >= 15 is 0 Å². The lowest BCUT2D eigenvalue weighted by molar-refractivity contribution is -0.146. The topological polar surface area (TPSA) is 37.4 Å². The molecule has 0 spiro atoms. The van der Waals surface area contributed by atoms with Crippen molar-refractivity contribution >= 4 is 27.6 Å². The predicted molar refractivity (Wildman–Crippen MR) is 83.9 cm³/mol. The van der Waals surface area contributed by atoms with Gasteiger partial charge >= 0.3 is 0 Å². The van der Waals surface area contributed by atoms with E-state index in [2.05, 4.69) is 22.5 Å². The first-order valence-electron chi connectivity index (χ1n) is 8.12. The summed E-state index contributed by atoms with van der Waals surface area (Å²) in [7, 11) is 0. The lowest BCUT2D eigenvalue weighted by atomic mass is 9.57. The molecule has 1 amide bonds. The highest BCUT2D eigenvalue weighted by Gasteiger charge is 2.81. The summed E-state index contributed by atoms with van der Waals surface area (Å²) in [6, 6.07) is 0. The number of carbonyl (C=O) groups excluding carboxylic acids is 2. The molecule has 114 valence electrons. The number of Topliss-reactive ketones (excluding diaryl/α,β-unsaturated/α-hetero) is 1. The van der Waals surface area contributed by atoms with Gasteiger partial charge in [0, 0.05) is 24.3 Å². The van der Waals surface area contributed by atoms with Gasteiger partial charge in [0.15, 0.2) is 0 Å². The first kappa shape index (κ1) is 14.0. The Morgan fingerprint density at radius 2 is 2.10 bits per heavy atom. The maximum atomic E-state index is 13.1. The van der Waals surface area contributed by atoms with Gasteiger partial charge in [-0.3, -0.25) is 9.59 Å². The summed E-state index contributed by atoms with van der Waals surface area (Å²) < 4.78 is 0. The molecule has 0 aromatic heterocycles. The number of halogens is 1. The predicted octanol–water partition coefficient (Wildman–Crippen LogP) is 2.50. The second-order valence-electron chi connectivity index (χ2n) is 7.19. The van der Waals surface area contributed by atoms with Gasteiger partial charge in [-0.05, 0) is 43.9 Å². The van der Waals surface area contributed by atoms with E-state index in [4.69, 9.17) is 0 Å². The minimum Gasteiger partial charge on any atom is -0.343 e. The van der Waals surface area contributed by atoms with E-state index in [9.17, 15) is 9.59 Å². The normalized spacial score (nSPS) is 48.7. The Balaban J connectivity index is 1.81. The van der Waals surface area contributed by atoms with E-state index in [1.807, 2.05) is 18.7 Å². The molecule has 4 heteroatoms. The minimum atomic E-state index is -0.435. The van der Waals surface area contributed by atoms with Crippen molar-refractivity contribution in [2.75, 3.05) is 18.4 Å². The van der Waals surface area contributed by atoms with Crippen LogP contribution in [0.2, 0.25) is 0 Å². The second kappa shape index (κ2) is 4.21. The van der Waals surface area contributed by atoms with E-state index in [0.29, 0.717) is 34.8 Å². The highest BCUT2D eigenvalue weighted by Crippen LogP contribution is 2.79. The Bertz CT molecular complexity index is 555. The van der Waals surface area contributed by atoms with Crippen LogP contribution in [0.1, 0.15) is 20.3 Å². The average molecular weight is 352 g/mol. The van der Waals surface area contributed by atoms with Gasteiger partial charge in [0.05, 0.1) is 11.3 Å². The van der Waals surface area contributed by atoms with Crippen LogP contribution in [0.3, 0.4) is 0 Å². The standard InChI is InChI=1S/C17H22BrNO2/c1-4-19(5-2)16(21)14-9-6-10-13-11(9)8(3)12(13)15(20)17(10,14)7-18/h9-14H,3-7H2,1-2H3. The fourth-order valence-electron chi connectivity index (χ4n) is 6.29. The summed E-state index contributed by atoms with van der Waals surface area (Å²) in [4.78, 5) is 28.1. The van der Waals surface area contributed by atoms with Crippen molar-refractivity contribution in [3.63, 3.8) is 0 Å². The van der Waals surface area contributed by atoms with E-state index < -0.39 is 5.41 Å². The summed E-state index contributed by atoms with van der Waals surface area (Å²) in [5.41, 5.74) is 0.700. The van der Waals surface area contributed by atoms with Crippen molar-refractivity contribution in [2.24, 2.45) is 40.9 Å². The maximum absolute atomic E-state index is 13.1. The minimum absolute atomic E-state index is 0.0667. The van der Waals surface area contributed by atoms with Gasteiger partial charge in [0.1, 0.15) is 5.78 Å². The van der Waals surface area contributed by atoms with Crippen LogP contribution in [0, 0.1) is 40.9 Å². The summed E-state index contributed by atoms with van der Waals surface area (Å²) in [6.45, 7) is 9.70. The smallest absolute Gasteiger partial charge is 0.227 e. The maximum Gasteiger partial charge on any atom is 0.227 e. The number of amides is 1. The average Bonchev–Trinajstić information content (AvgIpc) is 2.99. The number of ketones is 1. The molecule has 4 rings (SSSR count). The fourth-order valence-corrected chi connectivity index (χ4v) is 7.33. The summed E-state index contributed by atoms with van der Waals surface area (Å²) in [5.74, 6) is 2.22. The number of hydrogen-bond donors (Lipinski definition) is 0. The summed E-state index contributed by atoms with van der Waals surface area (Å²) in [5, 5.41) is 0.644. The fraction of sp³-hybridized carbons (Fsp3) is 0.765. The van der Waals surface area contributed by atoms with Crippen LogP contribution in [0.4, 0.5) is 0 Å². The van der Waals surface area contributed by atoms with Gasteiger partial charge in [-0.25, -0.2) is 0 Å². The number of alkyl halides is 1. The molecule has 7 unspecified atom stereocenters. The number of hydrogen-bond acceptors (Lipinski definition) is 2. The van der Waals surface area contributed by atoms with E-state index in [-0.39, 0.29) is 17.7 Å². The Kier molecular flexibility index (Phi) is 2.81. The molecule has 3 nitrogen and oxygen atoms in total. The Morgan fingerprint density at radius 3 is 2.67 bits per heavy atom. The van der Waals surface area contributed by atoms with Crippen LogP contribution in [0.15, 0.2) is 12.2 Å². The molecule has 4 aliphatic carbocycles. The molecule has 0 heterocycles. The highest BCUT2D eigenvalue weighted by molar-refractivity contribution is 9.09.